The Kier molecular flexibility index (Phi) is 5.84. The van der Waals surface area contributed by atoms with Crippen molar-refractivity contribution in [3.63, 3.8) is 0 Å². The second-order valence-electron chi connectivity index (χ2n) is 2.59. The molecule has 0 unspecified atom stereocenters. The van der Waals surface area contributed by atoms with Crippen LogP contribution in [-0.2, 0) is 12.4 Å². The van der Waals surface area contributed by atoms with E-state index < -0.39 is 0 Å². The van der Waals surface area contributed by atoms with Crippen molar-refractivity contribution in [2.45, 2.75) is 12.4 Å². The van der Waals surface area contributed by atoms with E-state index in [0.29, 0.717) is 5.88 Å². The third kappa shape index (κ3) is 3.72. The number of rotatable bonds is 3. The maximum Gasteiger partial charge on any atom is 0.107 e. The fourth-order valence-electron chi connectivity index (χ4n) is 0.753. The molecule has 0 aliphatic carbocycles. The van der Waals surface area contributed by atoms with Crippen LogP contribution in [0.3, 0.4) is 0 Å². The van der Waals surface area contributed by atoms with Gasteiger partial charge in [0.05, 0.1) is 5.88 Å². The first-order valence-corrected chi connectivity index (χ1v) is 4.71. The minimum atomic E-state index is 0. The first-order valence-electron chi connectivity index (χ1n) is 3.36. The molecule has 0 bridgehead atoms. The maximum atomic E-state index is 5.63. The molecule has 0 amide bonds. The van der Waals surface area contributed by atoms with Crippen LogP contribution < -0.4 is 0 Å². The standard InChI is InChI=1S/C7H11ClN2S.ClH/c1-10(2)5-7-9-4-6(3-8)11-7;/h4H,3,5H2,1-2H3;1H. The molecule has 2 nitrogen and oxygen atoms in total. The van der Waals surface area contributed by atoms with Gasteiger partial charge in [0.15, 0.2) is 0 Å². The normalized spacial score (nSPS) is 10.0. The summed E-state index contributed by atoms with van der Waals surface area (Å²) >= 11 is 7.31. The van der Waals surface area contributed by atoms with E-state index in [2.05, 4.69) is 9.88 Å². The van der Waals surface area contributed by atoms with Gasteiger partial charge in [-0.25, -0.2) is 4.98 Å². The van der Waals surface area contributed by atoms with Gasteiger partial charge in [0.25, 0.3) is 0 Å². The lowest BCUT2D eigenvalue weighted by molar-refractivity contribution is 0.401. The van der Waals surface area contributed by atoms with Crippen LogP contribution >= 0.6 is 35.3 Å². The Labute approximate surface area is 88.0 Å². The van der Waals surface area contributed by atoms with E-state index in [-0.39, 0.29) is 12.4 Å². The summed E-state index contributed by atoms with van der Waals surface area (Å²) in [6, 6.07) is 0. The highest BCUT2D eigenvalue weighted by Crippen LogP contribution is 2.15. The molecule has 0 aromatic carbocycles. The van der Waals surface area contributed by atoms with E-state index in [1.165, 1.54) is 0 Å². The van der Waals surface area contributed by atoms with Crippen LogP contribution in [0.2, 0.25) is 0 Å². The van der Waals surface area contributed by atoms with Gasteiger partial charge in [0, 0.05) is 17.6 Å². The molecule has 1 aromatic heterocycles. The number of halogens is 2. The highest BCUT2D eigenvalue weighted by molar-refractivity contribution is 7.11. The zero-order valence-corrected chi connectivity index (χ0v) is 9.47. The summed E-state index contributed by atoms with van der Waals surface area (Å²) in [4.78, 5) is 7.46. The van der Waals surface area contributed by atoms with Gasteiger partial charge in [0.2, 0.25) is 0 Å². The quantitative estimate of drug-likeness (QED) is 0.737. The topological polar surface area (TPSA) is 16.1 Å². The van der Waals surface area contributed by atoms with Crippen molar-refractivity contribution >= 4 is 35.3 Å². The first kappa shape index (κ1) is 12.2. The zero-order chi connectivity index (χ0) is 8.27. The van der Waals surface area contributed by atoms with Crippen LogP contribution in [0.1, 0.15) is 9.88 Å². The summed E-state index contributed by atoms with van der Waals surface area (Å²) in [7, 11) is 4.06. The van der Waals surface area contributed by atoms with E-state index in [1.54, 1.807) is 11.3 Å². The molecule has 70 valence electrons. The molecule has 0 saturated carbocycles. The lowest BCUT2D eigenvalue weighted by Crippen LogP contribution is -2.09. The molecule has 0 spiro atoms. The molecule has 0 aliphatic rings. The zero-order valence-electron chi connectivity index (χ0n) is 7.08. The Hall–Kier alpha value is 0.170. The highest BCUT2D eigenvalue weighted by Gasteiger charge is 2.00. The van der Waals surface area contributed by atoms with Gasteiger partial charge in [-0.3, -0.25) is 0 Å². The number of hydrogen-bond acceptors (Lipinski definition) is 3. The van der Waals surface area contributed by atoms with Crippen LogP contribution in [0.15, 0.2) is 6.20 Å². The SMILES string of the molecule is CN(C)Cc1ncc(CCl)s1.Cl. The van der Waals surface area contributed by atoms with Gasteiger partial charge >= 0.3 is 0 Å². The van der Waals surface area contributed by atoms with Crippen molar-refractivity contribution in [3.8, 4) is 0 Å². The van der Waals surface area contributed by atoms with Crippen molar-refractivity contribution in [1.82, 2.24) is 9.88 Å². The molecule has 0 atom stereocenters. The second-order valence-corrected chi connectivity index (χ2v) is 4.06. The van der Waals surface area contributed by atoms with Crippen LogP contribution in [0.4, 0.5) is 0 Å². The Balaban J connectivity index is 0.00000121. The Morgan fingerprint density at radius 1 is 1.58 bits per heavy atom. The third-order valence-electron chi connectivity index (χ3n) is 1.18. The number of hydrogen-bond donors (Lipinski definition) is 0. The van der Waals surface area contributed by atoms with Gasteiger partial charge in [-0.05, 0) is 14.1 Å². The summed E-state index contributed by atoms with van der Waals surface area (Å²) in [6.07, 6.45) is 1.84. The molecule has 0 fully saturated rings. The van der Waals surface area contributed by atoms with Gasteiger partial charge in [-0.2, -0.15) is 0 Å². The minimum Gasteiger partial charge on any atom is -0.303 e. The smallest absolute Gasteiger partial charge is 0.107 e. The number of aromatic nitrogens is 1. The van der Waals surface area contributed by atoms with E-state index in [0.717, 1.165) is 16.4 Å². The summed E-state index contributed by atoms with van der Waals surface area (Å²) in [5, 5.41) is 1.13. The molecular formula is C7H12Cl2N2S. The average Bonchev–Trinajstić information content (AvgIpc) is 2.34. The maximum absolute atomic E-state index is 5.63. The molecule has 5 heteroatoms. The fraction of sp³-hybridized carbons (Fsp3) is 0.571. The van der Waals surface area contributed by atoms with Crippen molar-refractivity contribution in [1.29, 1.82) is 0 Å². The van der Waals surface area contributed by atoms with Crippen LogP contribution in [0.25, 0.3) is 0 Å². The van der Waals surface area contributed by atoms with Gasteiger partial charge in [0.1, 0.15) is 5.01 Å². The van der Waals surface area contributed by atoms with Gasteiger partial charge < -0.3 is 4.90 Å². The number of nitrogens with zero attached hydrogens (tertiary/aromatic N) is 2. The molecule has 1 aromatic rings. The van der Waals surface area contributed by atoms with Crippen molar-refractivity contribution in [3.05, 3.63) is 16.1 Å². The summed E-state index contributed by atoms with van der Waals surface area (Å²) in [6.45, 7) is 0.904. The van der Waals surface area contributed by atoms with Crippen LogP contribution in [0, 0.1) is 0 Å². The van der Waals surface area contributed by atoms with Crippen LogP contribution in [-0.4, -0.2) is 24.0 Å². The Morgan fingerprint density at radius 3 is 2.67 bits per heavy atom. The molecule has 1 heterocycles. The van der Waals surface area contributed by atoms with E-state index in [1.807, 2.05) is 20.3 Å². The average molecular weight is 227 g/mol. The molecule has 1 rings (SSSR count). The van der Waals surface area contributed by atoms with E-state index in [4.69, 9.17) is 11.6 Å². The summed E-state index contributed by atoms with van der Waals surface area (Å²) < 4.78 is 0. The monoisotopic (exact) mass is 226 g/mol. The predicted octanol–water partition coefficient (Wildman–Crippen LogP) is 2.37. The molecule has 0 saturated heterocycles. The lowest BCUT2D eigenvalue weighted by atomic mass is 10.6. The predicted molar refractivity (Wildman–Crippen MR) is 56.3 cm³/mol. The second kappa shape index (κ2) is 5.75. The molecule has 12 heavy (non-hydrogen) atoms. The Morgan fingerprint density at radius 2 is 2.25 bits per heavy atom. The van der Waals surface area contributed by atoms with Gasteiger partial charge in [-0.15, -0.1) is 35.3 Å². The molecule has 0 radical (unpaired) electrons. The van der Waals surface area contributed by atoms with Crippen LogP contribution in [0.5, 0.6) is 0 Å². The van der Waals surface area contributed by atoms with Crippen molar-refractivity contribution < 1.29 is 0 Å². The first-order chi connectivity index (χ1) is 5.22. The highest BCUT2D eigenvalue weighted by atomic mass is 35.5. The largest absolute Gasteiger partial charge is 0.303 e. The molecular weight excluding hydrogens is 215 g/mol. The van der Waals surface area contributed by atoms with Gasteiger partial charge in [-0.1, -0.05) is 0 Å². The van der Waals surface area contributed by atoms with E-state index in [9.17, 15) is 0 Å². The third-order valence-corrected chi connectivity index (χ3v) is 2.61. The summed E-state index contributed by atoms with van der Waals surface area (Å²) in [5.74, 6) is 0.574. The number of alkyl halides is 1. The minimum absolute atomic E-state index is 0. The molecule has 0 aliphatic heterocycles. The lowest BCUT2D eigenvalue weighted by Gasteiger charge is -2.04. The summed E-state index contributed by atoms with van der Waals surface area (Å²) in [5.41, 5.74) is 0. The fourth-order valence-corrected chi connectivity index (χ4v) is 1.88. The Bertz CT molecular complexity index is 225. The van der Waals surface area contributed by atoms with E-state index >= 15 is 0 Å². The number of thiazole rings is 1. The van der Waals surface area contributed by atoms with Crippen molar-refractivity contribution in [2.24, 2.45) is 0 Å². The van der Waals surface area contributed by atoms with Crippen molar-refractivity contribution in [2.75, 3.05) is 14.1 Å². The molecule has 0 N–H and O–H groups in total.